The fraction of sp³-hybridized carbons (Fsp3) is 0.160. The van der Waals surface area contributed by atoms with Crippen LogP contribution in [0.3, 0.4) is 0 Å². The number of amides is 1. The number of ether oxygens (including phenoxy) is 2. The van der Waals surface area contributed by atoms with Crippen LogP contribution >= 0.6 is 11.8 Å². The number of carbonyl (C=O) groups excluding carboxylic acids is 1. The second-order valence-corrected chi connectivity index (χ2v) is 8.72. The molecule has 166 valence electrons. The number of para-hydroxylation sites is 3. The van der Waals surface area contributed by atoms with Crippen molar-refractivity contribution in [1.29, 1.82) is 0 Å². The zero-order valence-electron chi connectivity index (χ0n) is 17.8. The van der Waals surface area contributed by atoms with Gasteiger partial charge < -0.3 is 19.2 Å². The van der Waals surface area contributed by atoms with Gasteiger partial charge in [0.1, 0.15) is 6.61 Å². The molecule has 1 aromatic heterocycles. The van der Waals surface area contributed by atoms with Gasteiger partial charge in [-0.25, -0.2) is 0 Å². The van der Waals surface area contributed by atoms with Crippen LogP contribution in [0.5, 0.6) is 11.5 Å². The Labute approximate surface area is 195 Å². The second-order valence-electron chi connectivity index (χ2n) is 7.43. The van der Waals surface area contributed by atoms with Gasteiger partial charge in [0.2, 0.25) is 12.0 Å². The lowest BCUT2D eigenvalue weighted by molar-refractivity contribution is -0.115. The van der Waals surface area contributed by atoms with Crippen molar-refractivity contribution in [2.75, 3.05) is 11.9 Å². The molecule has 0 fully saturated rings. The first kappa shape index (κ1) is 21.1. The van der Waals surface area contributed by atoms with Gasteiger partial charge in [-0.2, -0.15) is 0 Å². The molecule has 0 saturated heterocycles. The Balaban J connectivity index is 1.24. The Kier molecular flexibility index (Phi) is 5.99. The lowest BCUT2D eigenvalue weighted by Crippen LogP contribution is -2.22. The summed E-state index contributed by atoms with van der Waals surface area (Å²) in [5.74, 6) is 1.47. The van der Waals surface area contributed by atoms with Gasteiger partial charge in [-0.3, -0.25) is 4.79 Å². The Hall–Kier alpha value is -3.78. The highest BCUT2D eigenvalue weighted by atomic mass is 32.2. The number of rotatable bonds is 6. The minimum Gasteiger partial charge on any atom is -0.485 e. The highest BCUT2D eigenvalue weighted by Gasteiger charge is 2.28. The summed E-state index contributed by atoms with van der Waals surface area (Å²) >= 11 is 1.19. The van der Waals surface area contributed by atoms with Gasteiger partial charge in [-0.1, -0.05) is 72.4 Å². The molecule has 2 heterocycles. The molecule has 0 radical (unpaired) electrons. The largest absolute Gasteiger partial charge is 0.485 e. The maximum absolute atomic E-state index is 12.9. The summed E-state index contributed by atoms with van der Waals surface area (Å²) in [7, 11) is 0. The van der Waals surface area contributed by atoms with Crippen molar-refractivity contribution in [3.8, 4) is 22.6 Å². The van der Waals surface area contributed by atoms with Crippen molar-refractivity contribution in [3.63, 3.8) is 0 Å². The maximum Gasteiger partial charge on any atom is 0.277 e. The smallest absolute Gasteiger partial charge is 0.277 e. The molecule has 0 unspecified atom stereocenters. The van der Waals surface area contributed by atoms with Crippen LogP contribution in [0.1, 0.15) is 18.9 Å². The highest BCUT2D eigenvalue weighted by Crippen LogP contribution is 2.36. The molecule has 1 aliphatic heterocycles. The van der Waals surface area contributed by atoms with Crippen LogP contribution in [0.4, 0.5) is 5.69 Å². The SMILES string of the molecule is C[C@@H](Sc1nnc([C@@H]2COc3ccccc3O2)o1)C(=O)Nc1ccccc1-c1ccccc1. The third-order valence-electron chi connectivity index (χ3n) is 5.12. The lowest BCUT2D eigenvalue weighted by atomic mass is 10.0. The van der Waals surface area contributed by atoms with Gasteiger partial charge in [0.25, 0.3) is 11.1 Å². The van der Waals surface area contributed by atoms with Gasteiger partial charge in [0, 0.05) is 11.3 Å². The summed E-state index contributed by atoms with van der Waals surface area (Å²) in [5, 5.41) is 11.0. The van der Waals surface area contributed by atoms with Crippen molar-refractivity contribution in [2.45, 2.75) is 23.5 Å². The molecule has 5 rings (SSSR count). The molecule has 1 aliphatic rings. The summed E-state index contributed by atoms with van der Waals surface area (Å²) in [6, 6.07) is 25.1. The van der Waals surface area contributed by atoms with E-state index in [2.05, 4.69) is 15.5 Å². The van der Waals surface area contributed by atoms with E-state index in [-0.39, 0.29) is 12.5 Å². The first-order valence-electron chi connectivity index (χ1n) is 10.5. The van der Waals surface area contributed by atoms with Gasteiger partial charge >= 0.3 is 0 Å². The van der Waals surface area contributed by atoms with Crippen molar-refractivity contribution in [3.05, 3.63) is 84.8 Å². The summed E-state index contributed by atoms with van der Waals surface area (Å²) in [6.07, 6.45) is -0.497. The number of hydrogen-bond acceptors (Lipinski definition) is 7. The normalized spacial score (nSPS) is 15.6. The minimum absolute atomic E-state index is 0.158. The van der Waals surface area contributed by atoms with Crippen LogP contribution < -0.4 is 14.8 Å². The fourth-order valence-corrected chi connectivity index (χ4v) is 4.13. The van der Waals surface area contributed by atoms with E-state index in [4.69, 9.17) is 13.9 Å². The van der Waals surface area contributed by atoms with Crippen molar-refractivity contribution < 1.29 is 18.7 Å². The summed E-state index contributed by atoms with van der Waals surface area (Å²) in [6.45, 7) is 2.07. The first-order chi connectivity index (χ1) is 16.2. The number of aromatic nitrogens is 2. The Morgan fingerprint density at radius 1 is 0.970 bits per heavy atom. The van der Waals surface area contributed by atoms with Crippen molar-refractivity contribution in [1.82, 2.24) is 10.2 Å². The van der Waals surface area contributed by atoms with E-state index in [1.165, 1.54) is 11.8 Å². The topological polar surface area (TPSA) is 86.5 Å². The molecule has 2 atom stereocenters. The number of benzene rings is 3. The molecule has 0 spiro atoms. The Bertz CT molecular complexity index is 1260. The van der Waals surface area contributed by atoms with Crippen LogP contribution in [-0.4, -0.2) is 28.0 Å². The Morgan fingerprint density at radius 3 is 2.55 bits per heavy atom. The van der Waals surface area contributed by atoms with E-state index in [0.717, 1.165) is 16.8 Å². The summed E-state index contributed by atoms with van der Waals surface area (Å²) in [4.78, 5) is 12.9. The third kappa shape index (κ3) is 4.70. The molecule has 7 nitrogen and oxygen atoms in total. The monoisotopic (exact) mass is 459 g/mol. The average Bonchev–Trinajstić information content (AvgIpc) is 3.33. The number of fused-ring (bicyclic) bond motifs is 1. The quantitative estimate of drug-likeness (QED) is 0.388. The first-order valence-corrected chi connectivity index (χ1v) is 11.4. The number of anilines is 1. The van der Waals surface area contributed by atoms with Crippen LogP contribution in [0.2, 0.25) is 0 Å². The molecule has 8 heteroatoms. The van der Waals surface area contributed by atoms with Crippen LogP contribution in [-0.2, 0) is 4.79 Å². The molecule has 4 aromatic rings. The van der Waals surface area contributed by atoms with E-state index in [1.807, 2.05) is 78.9 Å². The van der Waals surface area contributed by atoms with E-state index in [9.17, 15) is 4.79 Å². The van der Waals surface area contributed by atoms with Crippen LogP contribution in [0.15, 0.2) is 88.5 Å². The van der Waals surface area contributed by atoms with E-state index in [0.29, 0.717) is 22.6 Å². The van der Waals surface area contributed by atoms with Gasteiger partial charge in [-0.15, -0.1) is 10.2 Å². The maximum atomic E-state index is 12.9. The second kappa shape index (κ2) is 9.38. The number of nitrogens with one attached hydrogen (secondary N) is 1. The molecule has 0 aliphatic carbocycles. The van der Waals surface area contributed by atoms with E-state index < -0.39 is 11.4 Å². The molecular weight excluding hydrogens is 438 g/mol. The van der Waals surface area contributed by atoms with E-state index >= 15 is 0 Å². The zero-order valence-corrected chi connectivity index (χ0v) is 18.6. The molecule has 0 saturated carbocycles. The molecule has 33 heavy (non-hydrogen) atoms. The fourth-order valence-electron chi connectivity index (χ4n) is 3.44. The molecule has 1 amide bonds. The van der Waals surface area contributed by atoms with Gasteiger partial charge in [0.05, 0.1) is 5.25 Å². The van der Waals surface area contributed by atoms with Crippen LogP contribution in [0.25, 0.3) is 11.1 Å². The van der Waals surface area contributed by atoms with Crippen molar-refractivity contribution in [2.24, 2.45) is 0 Å². The molecule has 1 N–H and O–H groups in total. The predicted molar refractivity (Wildman–Crippen MR) is 125 cm³/mol. The molecular formula is C25H21N3O4S. The number of hydrogen-bond donors (Lipinski definition) is 1. The number of nitrogens with zero attached hydrogens (tertiary/aromatic N) is 2. The average molecular weight is 460 g/mol. The third-order valence-corrected chi connectivity index (χ3v) is 6.06. The zero-order chi connectivity index (χ0) is 22.6. The lowest BCUT2D eigenvalue weighted by Gasteiger charge is -2.23. The van der Waals surface area contributed by atoms with Gasteiger partial charge in [0.15, 0.2) is 11.5 Å². The highest BCUT2D eigenvalue weighted by molar-refractivity contribution is 8.00. The number of carbonyl (C=O) groups is 1. The standard InChI is InChI=1S/C25H21N3O4S/c1-16(23(29)26-19-12-6-5-11-18(19)17-9-3-2-4-10-17)33-25-28-27-24(32-25)22-15-30-20-13-7-8-14-21(20)31-22/h2-14,16,22H,15H2,1H3,(H,26,29)/t16-,22+/m1/s1. The Morgan fingerprint density at radius 2 is 1.70 bits per heavy atom. The van der Waals surface area contributed by atoms with Crippen LogP contribution in [0, 0.1) is 0 Å². The predicted octanol–water partition coefficient (Wildman–Crippen LogP) is 5.37. The van der Waals surface area contributed by atoms with Gasteiger partial charge in [-0.05, 0) is 30.7 Å². The molecule has 0 bridgehead atoms. The summed E-state index contributed by atoms with van der Waals surface area (Å²) < 4.78 is 17.4. The summed E-state index contributed by atoms with van der Waals surface area (Å²) in [5.41, 5.74) is 2.74. The van der Waals surface area contributed by atoms with Crippen molar-refractivity contribution >= 4 is 23.4 Å². The minimum atomic E-state index is -0.497. The number of thioether (sulfide) groups is 1. The molecule has 3 aromatic carbocycles. The van der Waals surface area contributed by atoms with E-state index in [1.54, 1.807) is 6.92 Å².